The van der Waals surface area contributed by atoms with Gasteiger partial charge in [-0.25, -0.2) is 17.6 Å². The van der Waals surface area contributed by atoms with Crippen LogP contribution in [0.15, 0.2) is 48.5 Å². The summed E-state index contributed by atoms with van der Waals surface area (Å²) in [5, 5.41) is 12.4. The number of nitrogens with one attached hydrogen (secondary N) is 2. The van der Waals surface area contributed by atoms with Crippen molar-refractivity contribution in [2.75, 3.05) is 10.6 Å². The third-order valence-corrected chi connectivity index (χ3v) is 3.28. The molecule has 1 amide bonds. The predicted molar refractivity (Wildman–Crippen MR) is 86.0 cm³/mol. The molecule has 0 aliphatic carbocycles. The van der Waals surface area contributed by atoms with Gasteiger partial charge in [0.25, 0.3) is 5.91 Å². The zero-order valence-corrected chi connectivity index (χ0v) is 12.9. The van der Waals surface area contributed by atoms with Gasteiger partial charge in [-0.2, -0.15) is 0 Å². The zero-order chi connectivity index (χ0) is 18.7. The van der Waals surface area contributed by atoms with Gasteiger partial charge in [0.15, 0.2) is 23.3 Å². The molecule has 0 radical (unpaired) electrons. The van der Waals surface area contributed by atoms with Crippen LogP contribution < -0.4 is 10.6 Å². The lowest BCUT2D eigenvalue weighted by molar-refractivity contribution is 0.102. The minimum absolute atomic E-state index is 0.000673. The molecule has 0 saturated heterocycles. The van der Waals surface area contributed by atoms with E-state index < -0.39 is 29.2 Å². The smallest absolute Gasteiger partial charge is 0.256 e. The number of carbonyl (C=O) groups excluding carboxylic acids is 1. The summed E-state index contributed by atoms with van der Waals surface area (Å²) in [6.07, 6.45) is 0. The number of hydrogen-bond acceptors (Lipinski definition) is 4. The number of anilines is 3. The number of aromatic nitrogens is 2. The van der Waals surface area contributed by atoms with Crippen LogP contribution in [0.4, 0.5) is 34.9 Å². The molecule has 1 heterocycles. The monoisotopic (exact) mass is 362 g/mol. The minimum atomic E-state index is -1.15. The molecule has 5 nitrogen and oxygen atoms in total. The number of hydrogen-bond donors (Lipinski definition) is 2. The predicted octanol–water partition coefficient (Wildman–Crippen LogP) is 4.03. The average molecular weight is 362 g/mol. The molecule has 0 bridgehead atoms. The van der Waals surface area contributed by atoms with Crippen molar-refractivity contribution in [1.29, 1.82) is 0 Å². The summed E-state index contributed by atoms with van der Waals surface area (Å²) in [7, 11) is 0. The maximum Gasteiger partial charge on any atom is 0.256 e. The molecule has 0 aliphatic heterocycles. The summed E-state index contributed by atoms with van der Waals surface area (Å²) in [5.41, 5.74) is -0.0967. The Balaban J connectivity index is 1.69. The molecular weight excluding hydrogens is 352 g/mol. The van der Waals surface area contributed by atoms with Crippen molar-refractivity contribution in [2.24, 2.45) is 0 Å². The van der Waals surface area contributed by atoms with Crippen LogP contribution in [-0.4, -0.2) is 16.1 Å². The molecule has 1 aromatic heterocycles. The molecule has 0 fully saturated rings. The molecule has 0 atom stereocenters. The van der Waals surface area contributed by atoms with E-state index in [4.69, 9.17) is 0 Å². The Morgan fingerprint density at radius 3 is 2.15 bits per heavy atom. The van der Waals surface area contributed by atoms with Crippen molar-refractivity contribution < 1.29 is 22.4 Å². The Morgan fingerprint density at radius 2 is 1.50 bits per heavy atom. The topological polar surface area (TPSA) is 66.9 Å². The van der Waals surface area contributed by atoms with E-state index in [0.717, 1.165) is 24.3 Å². The molecule has 0 spiro atoms. The highest BCUT2D eigenvalue weighted by Crippen LogP contribution is 2.19. The minimum Gasteiger partial charge on any atom is -0.336 e. The maximum atomic E-state index is 13.6. The number of nitrogens with zero attached hydrogens (tertiary/aromatic N) is 2. The maximum absolute atomic E-state index is 13.6. The summed E-state index contributed by atoms with van der Waals surface area (Å²) >= 11 is 0. The number of halogens is 4. The van der Waals surface area contributed by atoms with Crippen molar-refractivity contribution >= 4 is 23.2 Å². The van der Waals surface area contributed by atoms with E-state index in [1.165, 1.54) is 18.2 Å². The third-order valence-electron chi connectivity index (χ3n) is 3.28. The molecule has 3 aromatic rings. The van der Waals surface area contributed by atoms with Crippen LogP contribution in [0.25, 0.3) is 0 Å². The fourth-order valence-corrected chi connectivity index (χ4v) is 2.02. The van der Waals surface area contributed by atoms with Crippen molar-refractivity contribution in [1.82, 2.24) is 10.2 Å². The van der Waals surface area contributed by atoms with Crippen LogP contribution in [0.2, 0.25) is 0 Å². The summed E-state index contributed by atoms with van der Waals surface area (Å²) in [4.78, 5) is 12.0. The van der Waals surface area contributed by atoms with Crippen LogP contribution in [0, 0.1) is 23.3 Å². The van der Waals surface area contributed by atoms with Gasteiger partial charge in [-0.1, -0.05) is 0 Å². The zero-order valence-electron chi connectivity index (χ0n) is 12.9. The van der Waals surface area contributed by atoms with Gasteiger partial charge in [-0.3, -0.25) is 4.79 Å². The third kappa shape index (κ3) is 3.94. The molecule has 3 rings (SSSR count). The Bertz CT molecular complexity index is 963. The van der Waals surface area contributed by atoms with Gasteiger partial charge in [0.2, 0.25) is 0 Å². The molecular formula is C17H10F4N4O. The van der Waals surface area contributed by atoms with Gasteiger partial charge >= 0.3 is 0 Å². The summed E-state index contributed by atoms with van der Waals surface area (Å²) in [5.74, 6) is -4.24. The number of amides is 1. The summed E-state index contributed by atoms with van der Waals surface area (Å²) < 4.78 is 52.5. The molecule has 26 heavy (non-hydrogen) atoms. The van der Waals surface area contributed by atoms with Gasteiger partial charge < -0.3 is 10.6 Å². The van der Waals surface area contributed by atoms with E-state index >= 15 is 0 Å². The van der Waals surface area contributed by atoms with Gasteiger partial charge in [0, 0.05) is 11.6 Å². The average Bonchev–Trinajstić information content (AvgIpc) is 2.61. The summed E-state index contributed by atoms with van der Waals surface area (Å²) in [6.45, 7) is 0. The number of rotatable bonds is 4. The standard InChI is InChI=1S/C17H10F4N4O/c18-10-2-4-14(13(21)8-10)22-15-5-6-16(25-24-15)23-17(26)9-1-3-11(19)12(20)7-9/h1-8H,(H,22,24)(H,23,25,26). The van der Waals surface area contributed by atoms with Crippen LogP contribution in [0.3, 0.4) is 0 Å². The Hall–Kier alpha value is -3.49. The highest BCUT2D eigenvalue weighted by atomic mass is 19.2. The van der Waals surface area contributed by atoms with Gasteiger partial charge in [0.05, 0.1) is 5.69 Å². The second kappa shape index (κ2) is 7.18. The van der Waals surface area contributed by atoms with E-state index in [-0.39, 0.29) is 22.9 Å². The number of carbonyl (C=O) groups is 1. The number of benzene rings is 2. The normalized spacial score (nSPS) is 10.5. The van der Waals surface area contributed by atoms with Crippen molar-refractivity contribution in [3.63, 3.8) is 0 Å². The lowest BCUT2D eigenvalue weighted by atomic mass is 10.2. The fourth-order valence-electron chi connectivity index (χ4n) is 2.02. The van der Waals surface area contributed by atoms with Crippen LogP contribution in [0.1, 0.15) is 10.4 Å². The van der Waals surface area contributed by atoms with Crippen molar-refractivity contribution in [3.8, 4) is 0 Å². The quantitative estimate of drug-likeness (QED) is 0.688. The highest BCUT2D eigenvalue weighted by Gasteiger charge is 2.11. The Kier molecular flexibility index (Phi) is 4.78. The molecule has 132 valence electrons. The first-order chi connectivity index (χ1) is 12.4. The van der Waals surface area contributed by atoms with E-state index in [9.17, 15) is 22.4 Å². The molecule has 2 N–H and O–H groups in total. The van der Waals surface area contributed by atoms with E-state index in [1.54, 1.807) is 0 Å². The van der Waals surface area contributed by atoms with Gasteiger partial charge in [-0.05, 0) is 42.5 Å². The van der Waals surface area contributed by atoms with Crippen LogP contribution >= 0.6 is 0 Å². The Morgan fingerprint density at radius 1 is 0.769 bits per heavy atom. The second-order valence-corrected chi connectivity index (χ2v) is 5.14. The van der Waals surface area contributed by atoms with Gasteiger partial charge in [0.1, 0.15) is 11.6 Å². The Labute approximate surface area is 144 Å². The van der Waals surface area contributed by atoms with Crippen molar-refractivity contribution in [3.05, 3.63) is 77.4 Å². The van der Waals surface area contributed by atoms with Crippen molar-refractivity contribution in [2.45, 2.75) is 0 Å². The second-order valence-electron chi connectivity index (χ2n) is 5.14. The van der Waals surface area contributed by atoms with Gasteiger partial charge in [-0.15, -0.1) is 10.2 Å². The molecule has 0 saturated carbocycles. The van der Waals surface area contributed by atoms with E-state index in [1.807, 2.05) is 0 Å². The fraction of sp³-hybridized carbons (Fsp3) is 0. The lowest BCUT2D eigenvalue weighted by Gasteiger charge is -2.08. The molecule has 9 heteroatoms. The summed E-state index contributed by atoms with van der Waals surface area (Å²) in [6, 6.07) is 8.47. The molecule has 2 aromatic carbocycles. The molecule has 0 aliphatic rings. The highest BCUT2D eigenvalue weighted by molar-refractivity contribution is 6.03. The first kappa shape index (κ1) is 17.3. The SMILES string of the molecule is O=C(Nc1ccc(Nc2ccc(F)cc2F)nn1)c1ccc(F)c(F)c1. The first-order valence-electron chi connectivity index (χ1n) is 7.24. The van der Waals surface area contributed by atoms with Crippen LogP contribution in [0.5, 0.6) is 0 Å². The van der Waals surface area contributed by atoms with E-state index in [2.05, 4.69) is 20.8 Å². The largest absolute Gasteiger partial charge is 0.336 e. The lowest BCUT2D eigenvalue weighted by Crippen LogP contribution is -2.14. The first-order valence-corrected chi connectivity index (χ1v) is 7.24. The molecule has 0 unspecified atom stereocenters. The van der Waals surface area contributed by atoms with E-state index in [0.29, 0.717) is 6.07 Å². The van der Waals surface area contributed by atoms with Crippen LogP contribution in [-0.2, 0) is 0 Å².